The van der Waals surface area contributed by atoms with Crippen LogP contribution in [0, 0.1) is 0 Å². The molecule has 156 valence electrons. The fraction of sp³-hybridized carbons (Fsp3) is 0.375. The van der Waals surface area contributed by atoms with Gasteiger partial charge in [0.2, 0.25) is 17.6 Å². The molecular formula is C24H27N3O3. The summed E-state index contributed by atoms with van der Waals surface area (Å²) in [5.41, 5.74) is 3.27. The van der Waals surface area contributed by atoms with E-state index < -0.39 is 0 Å². The molecular weight excluding hydrogens is 378 g/mol. The maximum absolute atomic E-state index is 12.6. The Labute approximate surface area is 176 Å². The van der Waals surface area contributed by atoms with E-state index in [1.165, 1.54) is 5.56 Å². The van der Waals surface area contributed by atoms with Crippen LogP contribution in [0.15, 0.2) is 53.1 Å². The highest BCUT2D eigenvalue weighted by Gasteiger charge is 2.34. The van der Waals surface area contributed by atoms with Crippen LogP contribution < -0.4 is 4.74 Å². The van der Waals surface area contributed by atoms with E-state index in [1.54, 1.807) is 0 Å². The van der Waals surface area contributed by atoms with Gasteiger partial charge in [0.15, 0.2) is 0 Å². The molecule has 3 aromatic rings. The lowest BCUT2D eigenvalue weighted by Crippen LogP contribution is -2.24. The second-order valence-electron chi connectivity index (χ2n) is 7.99. The number of rotatable bonds is 7. The van der Waals surface area contributed by atoms with E-state index in [9.17, 15) is 4.79 Å². The fourth-order valence-electron chi connectivity index (χ4n) is 3.73. The van der Waals surface area contributed by atoms with Crippen molar-refractivity contribution >= 4 is 5.91 Å². The minimum Gasteiger partial charge on any atom is -0.494 e. The molecule has 1 atom stereocenters. The topological polar surface area (TPSA) is 68.5 Å². The monoisotopic (exact) mass is 405 g/mol. The average Bonchev–Trinajstić information content (AvgIpc) is 3.36. The molecule has 1 saturated heterocycles. The zero-order valence-electron chi connectivity index (χ0n) is 17.7. The van der Waals surface area contributed by atoms with E-state index in [1.807, 2.05) is 36.1 Å². The minimum atomic E-state index is -0.0799. The summed E-state index contributed by atoms with van der Waals surface area (Å²) >= 11 is 0. The Hall–Kier alpha value is -3.15. The molecule has 0 N–H and O–H groups in total. The minimum absolute atomic E-state index is 0.0799. The number of aromatic nitrogens is 2. The van der Waals surface area contributed by atoms with Crippen molar-refractivity contribution in [2.24, 2.45) is 0 Å². The summed E-state index contributed by atoms with van der Waals surface area (Å²) in [5, 5.41) is 4.12. The summed E-state index contributed by atoms with van der Waals surface area (Å²) in [7, 11) is 0. The SMILES string of the molecule is CCOc1cccc(-c2noc(C3CC(=O)N(Cc4ccc(C(C)C)cc4)C3)n2)c1. The number of amides is 1. The highest BCUT2D eigenvalue weighted by atomic mass is 16.5. The molecule has 4 rings (SSSR count). The van der Waals surface area contributed by atoms with Crippen LogP contribution in [0.25, 0.3) is 11.4 Å². The van der Waals surface area contributed by atoms with Crippen molar-refractivity contribution < 1.29 is 14.1 Å². The summed E-state index contributed by atoms with van der Waals surface area (Å²) in [6.07, 6.45) is 0.394. The molecule has 30 heavy (non-hydrogen) atoms. The van der Waals surface area contributed by atoms with Crippen LogP contribution in [0.5, 0.6) is 5.75 Å². The largest absolute Gasteiger partial charge is 0.494 e. The van der Waals surface area contributed by atoms with Gasteiger partial charge in [0.05, 0.1) is 12.5 Å². The normalized spacial score (nSPS) is 16.5. The Morgan fingerprint density at radius 1 is 1.20 bits per heavy atom. The molecule has 1 unspecified atom stereocenters. The van der Waals surface area contributed by atoms with E-state index in [0.29, 0.717) is 43.8 Å². The van der Waals surface area contributed by atoms with Gasteiger partial charge in [0, 0.05) is 25.1 Å². The summed E-state index contributed by atoms with van der Waals surface area (Å²) < 4.78 is 11.1. The van der Waals surface area contributed by atoms with Crippen LogP contribution in [0.4, 0.5) is 0 Å². The second-order valence-corrected chi connectivity index (χ2v) is 7.99. The fourth-order valence-corrected chi connectivity index (χ4v) is 3.73. The summed E-state index contributed by atoms with van der Waals surface area (Å²) in [6.45, 7) is 8.09. The lowest BCUT2D eigenvalue weighted by Gasteiger charge is -2.16. The molecule has 2 aromatic carbocycles. The zero-order valence-corrected chi connectivity index (χ0v) is 17.7. The molecule has 1 aliphatic heterocycles. The molecule has 6 nitrogen and oxygen atoms in total. The van der Waals surface area contributed by atoms with Gasteiger partial charge in [-0.25, -0.2) is 0 Å². The molecule has 0 spiro atoms. The van der Waals surface area contributed by atoms with E-state index in [2.05, 4.69) is 48.3 Å². The molecule has 1 aromatic heterocycles. The van der Waals surface area contributed by atoms with Crippen LogP contribution in [-0.4, -0.2) is 34.1 Å². The van der Waals surface area contributed by atoms with Gasteiger partial charge in [-0.05, 0) is 36.1 Å². The first-order valence-electron chi connectivity index (χ1n) is 10.5. The Morgan fingerprint density at radius 2 is 2.00 bits per heavy atom. The third kappa shape index (κ3) is 4.37. The molecule has 1 fully saturated rings. The van der Waals surface area contributed by atoms with Gasteiger partial charge in [-0.15, -0.1) is 0 Å². The highest BCUT2D eigenvalue weighted by molar-refractivity contribution is 5.79. The van der Waals surface area contributed by atoms with E-state index in [4.69, 9.17) is 9.26 Å². The second kappa shape index (κ2) is 8.69. The number of likely N-dealkylation sites (tertiary alicyclic amines) is 1. The van der Waals surface area contributed by atoms with Crippen molar-refractivity contribution in [2.45, 2.75) is 45.6 Å². The standard InChI is InChI=1S/C24H27N3O3/c1-4-29-21-7-5-6-19(12-21)23-25-24(30-26-23)20-13-22(28)27(15-20)14-17-8-10-18(11-9-17)16(2)3/h5-12,16,20H,4,13-15H2,1-3H3. The molecule has 1 amide bonds. The van der Waals surface area contributed by atoms with Gasteiger partial charge in [-0.1, -0.05) is 55.4 Å². The zero-order chi connectivity index (χ0) is 21.1. The Bertz CT molecular complexity index is 1010. The van der Waals surface area contributed by atoms with Gasteiger partial charge in [0.25, 0.3) is 0 Å². The van der Waals surface area contributed by atoms with Gasteiger partial charge in [0.1, 0.15) is 5.75 Å². The van der Waals surface area contributed by atoms with E-state index in [0.717, 1.165) is 16.9 Å². The number of carbonyl (C=O) groups excluding carboxylic acids is 1. The van der Waals surface area contributed by atoms with Crippen molar-refractivity contribution in [3.8, 4) is 17.1 Å². The third-order valence-electron chi connectivity index (χ3n) is 5.43. The molecule has 0 saturated carbocycles. The maximum atomic E-state index is 12.6. The molecule has 2 heterocycles. The Kier molecular flexibility index (Phi) is 5.84. The van der Waals surface area contributed by atoms with Crippen molar-refractivity contribution in [3.05, 3.63) is 65.5 Å². The van der Waals surface area contributed by atoms with Crippen molar-refractivity contribution in [1.29, 1.82) is 0 Å². The van der Waals surface area contributed by atoms with Crippen molar-refractivity contribution in [1.82, 2.24) is 15.0 Å². The Balaban J connectivity index is 1.43. The summed E-state index contributed by atoms with van der Waals surface area (Å²) in [4.78, 5) is 19.0. The van der Waals surface area contributed by atoms with Gasteiger partial charge < -0.3 is 14.2 Å². The van der Waals surface area contributed by atoms with Gasteiger partial charge in [-0.3, -0.25) is 4.79 Å². The number of hydrogen-bond donors (Lipinski definition) is 0. The molecule has 1 aliphatic rings. The number of benzene rings is 2. The molecule has 0 radical (unpaired) electrons. The van der Waals surface area contributed by atoms with Crippen LogP contribution in [0.1, 0.15) is 56.0 Å². The first kappa shape index (κ1) is 20.1. The summed E-state index contributed by atoms with van der Waals surface area (Å²) in [6, 6.07) is 16.1. The van der Waals surface area contributed by atoms with Gasteiger partial charge in [-0.2, -0.15) is 4.98 Å². The predicted octanol–water partition coefficient (Wildman–Crippen LogP) is 4.77. The third-order valence-corrected chi connectivity index (χ3v) is 5.43. The quantitative estimate of drug-likeness (QED) is 0.566. The van der Waals surface area contributed by atoms with Crippen LogP contribution in [-0.2, 0) is 11.3 Å². The average molecular weight is 405 g/mol. The van der Waals surface area contributed by atoms with Crippen LogP contribution >= 0.6 is 0 Å². The maximum Gasteiger partial charge on any atom is 0.232 e. The van der Waals surface area contributed by atoms with Crippen LogP contribution in [0.3, 0.4) is 0 Å². The summed E-state index contributed by atoms with van der Waals surface area (Å²) in [5.74, 6) is 2.33. The highest BCUT2D eigenvalue weighted by Crippen LogP contribution is 2.30. The van der Waals surface area contributed by atoms with E-state index in [-0.39, 0.29) is 11.8 Å². The van der Waals surface area contributed by atoms with Crippen molar-refractivity contribution in [3.63, 3.8) is 0 Å². The molecule has 0 aliphatic carbocycles. The Morgan fingerprint density at radius 3 is 2.73 bits per heavy atom. The number of hydrogen-bond acceptors (Lipinski definition) is 5. The first-order valence-corrected chi connectivity index (χ1v) is 10.5. The molecule has 0 bridgehead atoms. The van der Waals surface area contributed by atoms with Crippen molar-refractivity contribution in [2.75, 3.05) is 13.2 Å². The number of carbonyl (C=O) groups is 1. The predicted molar refractivity (Wildman–Crippen MR) is 114 cm³/mol. The lowest BCUT2D eigenvalue weighted by molar-refractivity contribution is -0.128. The lowest BCUT2D eigenvalue weighted by atomic mass is 10.0. The van der Waals surface area contributed by atoms with E-state index >= 15 is 0 Å². The first-order chi connectivity index (χ1) is 14.5. The molecule has 6 heteroatoms. The number of nitrogens with zero attached hydrogens (tertiary/aromatic N) is 3. The van der Waals surface area contributed by atoms with Gasteiger partial charge >= 0.3 is 0 Å². The smallest absolute Gasteiger partial charge is 0.232 e. The van der Waals surface area contributed by atoms with Crippen LogP contribution in [0.2, 0.25) is 0 Å². The number of ether oxygens (including phenoxy) is 1.